The summed E-state index contributed by atoms with van der Waals surface area (Å²) in [4.78, 5) is 13.7. The van der Waals surface area contributed by atoms with Gasteiger partial charge in [-0.25, -0.2) is 18.2 Å². The van der Waals surface area contributed by atoms with E-state index in [-0.39, 0.29) is 34.9 Å². The van der Waals surface area contributed by atoms with E-state index in [0.717, 1.165) is 51.0 Å². The van der Waals surface area contributed by atoms with Gasteiger partial charge in [-0.2, -0.15) is 0 Å². The smallest absolute Gasteiger partial charge is 0.216 e. The summed E-state index contributed by atoms with van der Waals surface area (Å²) in [5, 5.41) is 15.9. The number of piperazine rings is 1. The van der Waals surface area contributed by atoms with Gasteiger partial charge in [-0.1, -0.05) is 13.0 Å². The van der Waals surface area contributed by atoms with Crippen molar-refractivity contribution in [3.05, 3.63) is 53.7 Å². The highest BCUT2D eigenvalue weighted by Crippen LogP contribution is 2.43. The summed E-state index contributed by atoms with van der Waals surface area (Å²) in [7, 11) is 0. The van der Waals surface area contributed by atoms with Crippen LogP contribution in [0.1, 0.15) is 44.6 Å². The summed E-state index contributed by atoms with van der Waals surface area (Å²) < 4.78 is 52.6. The predicted octanol–water partition coefficient (Wildman–Crippen LogP) is 5.89. The van der Waals surface area contributed by atoms with Crippen LogP contribution in [0.5, 0.6) is 11.6 Å². The van der Waals surface area contributed by atoms with Gasteiger partial charge in [0.1, 0.15) is 35.6 Å². The lowest BCUT2D eigenvalue weighted by molar-refractivity contribution is 0.111. The Kier molecular flexibility index (Phi) is 6.64. The zero-order valence-corrected chi connectivity index (χ0v) is 24.8. The standard InChI is InChI=1S/C34H36F3N5O2/c1-2-24-27(36)7-4-19-10-23(43)11-25(30(19)24)32-31(37)33-26(14-38-32)28(41-16-21-5-6-22(17-41)39-21)12-29(40-33)44-18-34-8-3-9-42(34)15-20(35)13-34/h4,7,10-12,14,20-22,39,43H,2-3,5-6,8-9,13,15-18H2,1H3/t20-,21-,22+,34+/m1/s1. The van der Waals surface area contributed by atoms with Crippen molar-refractivity contribution in [3.63, 3.8) is 0 Å². The molecule has 8 rings (SSSR count). The van der Waals surface area contributed by atoms with Crippen LogP contribution in [0.2, 0.25) is 0 Å². The second-order valence-corrected chi connectivity index (χ2v) is 13.0. The number of hydrogen-bond acceptors (Lipinski definition) is 7. The molecule has 2 aromatic carbocycles. The normalized spacial score (nSPS) is 26.6. The summed E-state index contributed by atoms with van der Waals surface area (Å²) >= 11 is 0. The molecule has 230 valence electrons. The van der Waals surface area contributed by atoms with Gasteiger partial charge in [0.25, 0.3) is 0 Å². The molecule has 0 aliphatic carbocycles. The molecular formula is C34H36F3N5O2. The van der Waals surface area contributed by atoms with Crippen molar-refractivity contribution in [3.8, 4) is 22.9 Å². The van der Waals surface area contributed by atoms with E-state index in [2.05, 4.69) is 20.1 Å². The van der Waals surface area contributed by atoms with Crippen LogP contribution >= 0.6 is 0 Å². The summed E-state index contributed by atoms with van der Waals surface area (Å²) in [5.41, 5.74) is 1.28. The third kappa shape index (κ3) is 4.48. The molecule has 0 spiro atoms. The maximum absolute atomic E-state index is 16.8. The van der Waals surface area contributed by atoms with Gasteiger partial charge in [-0.3, -0.25) is 9.88 Å². The van der Waals surface area contributed by atoms with Gasteiger partial charge in [-0.05, 0) is 73.2 Å². The minimum absolute atomic E-state index is 0.00805. The lowest BCUT2D eigenvalue weighted by Crippen LogP contribution is -2.51. The van der Waals surface area contributed by atoms with E-state index >= 15 is 4.39 Å². The number of nitrogens with zero attached hydrogens (tertiary/aromatic N) is 4. The number of ether oxygens (including phenoxy) is 1. The Morgan fingerprint density at radius 1 is 1.11 bits per heavy atom. The minimum Gasteiger partial charge on any atom is -0.508 e. The van der Waals surface area contributed by atoms with Crippen LogP contribution < -0.4 is 15.0 Å². The molecule has 4 fully saturated rings. The van der Waals surface area contributed by atoms with Gasteiger partial charge in [0.05, 0.1) is 11.2 Å². The summed E-state index contributed by atoms with van der Waals surface area (Å²) in [6.07, 6.45) is 5.61. The molecule has 2 N–H and O–H groups in total. The Bertz CT molecular complexity index is 1770. The van der Waals surface area contributed by atoms with Gasteiger partial charge in [-0.15, -0.1) is 0 Å². The summed E-state index contributed by atoms with van der Waals surface area (Å²) in [6.45, 7) is 4.95. The molecule has 44 heavy (non-hydrogen) atoms. The van der Waals surface area contributed by atoms with Crippen molar-refractivity contribution in [1.82, 2.24) is 20.2 Å². The van der Waals surface area contributed by atoms with Crippen LogP contribution in [0.4, 0.5) is 18.9 Å². The first-order valence-electron chi connectivity index (χ1n) is 15.8. The molecule has 7 nitrogen and oxygen atoms in total. The maximum Gasteiger partial charge on any atom is 0.216 e. The second kappa shape index (κ2) is 10.5. The van der Waals surface area contributed by atoms with Crippen molar-refractivity contribution in [2.45, 2.75) is 69.2 Å². The molecule has 2 bridgehead atoms. The number of hydrogen-bond donors (Lipinski definition) is 2. The number of phenolic OH excluding ortho intramolecular Hbond substituents is 1. The van der Waals surface area contributed by atoms with Crippen LogP contribution in [0.3, 0.4) is 0 Å². The molecule has 6 heterocycles. The number of aromatic hydroxyl groups is 1. The SMILES string of the molecule is CCc1c(F)ccc2cc(O)cc(-c3ncc4c(N5C[C@H]6CC[C@@H](C5)N6)cc(OC[C@@]56CCCN5C[C@H](F)C6)nc4c3F)c12. The maximum atomic E-state index is 16.8. The van der Waals surface area contributed by atoms with E-state index in [9.17, 15) is 13.9 Å². The van der Waals surface area contributed by atoms with Gasteiger partial charge in [0, 0.05) is 61.4 Å². The van der Waals surface area contributed by atoms with Crippen LogP contribution in [0.15, 0.2) is 36.5 Å². The summed E-state index contributed by atoms with van der Waals surface area (Å²) in [6, 6.07) is 8.52. The fourth-order valence-electron chi connectivity index (χ4n) is 8.32. The number of aromatic nitrogens is 2. The molecule has 2 aromatic heterocycles. The van der Waals surface area contributed by atoms with Gasteiger partial charge < -0.3 is 20.1 Å². The average molecular weight is 604 g/mol. The molecule has 4 aliphatic rings. The quantitative estimate of drug-likeness (QED) is 0.285. The third-order valence-corrected chi connectivity index (χ3v) is 10.3. The van der Waals surface area contributed by atoms with Crippen molar-refractivity contribution in [2.75, 3.05) is 37.7 Å². The van der Waals surface area contributed by atoms with Gasteiger partial charge >= 0.3 is 0 Å². The number of anilines is 1. The number of rotatable bonds is 6. The topological polar surface area (TPSA) is 73.8 Å². The van der Waals surface area contributed by atoms with Crippen molar-refractivity contribution in [2.24, 2.45) is 0 Å². The van der Waals surface area contributed by atoms with Crippen LogP contribution in [0, 0.1) is 11.6 Å². The molecule has 4 aliphatic heterocycles. The van der Waals surface area contributed by atoms with Crippen molar-refractivity contribution >= 4 is 27.4 Å². The second-order valence-electron chi connectivity index (χ2n) is 13.0. The Morgan fingerprint density at radius 3 is 2.73 bits per heavy atom. The highest BCUT2D eigenvalue weighted by atomic mass is 19.1. The number of halogens is 3. The minimum atomic E-state index is -0.878. The fourth-order valence-corrected chi connectivity index (χ4v) is 8.32. The lowest BCUT2D eigenvalue weighted by atomic mass is 9.94. The molecule has 4 saturated heterocycles. The molecule has 0 radical (unpaired) electrons. The molecular weight excluding hydrogens is 567 g/mol. The Hall–Kier alpha value is -3.63. The summed E-state index contributed by atoms with van der Waals surface area (Å²) in [5.74, 6) is -0.817. The van der Waals surface area contributed by atoms with E-state index in [1.807, 2.05) is 13.0 Å². The molecule has 10 heteroatoms. The Morgan fingerprint density at radius 2 is 1.93 bits per heavy atom. The van der Waals surface area contributed by atoms with Crippen LogP contribution in [-0.4, -0.2) is 76.6 Å². The molecule has 0 amide bonds. The van der Waals surface area contributed by atoms with Gasteiger partial charge in [0.2, 0.25) is 5.88 Å². The van der Waals surface area contributed by atoms with E-state index in [4.69, 9.17) is 9.72 Å². The Labute approximate surface area is 254 Å². The van der Waals surface area contributed by atoms with Crippen LogP contribution in [0.25, 0.3) is 32.9 Å². The molecule has 4 atom stereocenters. The van der Waals surface area contributed by atoms with Gasteiger partial charge in [0.15, 0.2) is 5.82 Å². The number of nitrogens with one attached hydrogen (secondary N) is 1. The zero-order valence-electron chi connectivity index (χ0n) is 24.8. The first kappa shape index (κ1) is 27.9. The number of benzene rings is 2. The van der Waals surface area contributed by atoms with E-state index in [1.165, 1.54) is 12.1 Å². The zero-order chi connectivity index (χ0) is 30.2. The van der Waals surface area contributed by atoms with E-state index in [1.54, 1.807) is 18.3 Å². The molecule has 0 unspecified atom stereocenters. The Balaban J connectivity index is 1.27. The monoisotopic (exact) mass is 603 g/mol. The highest BCUT2D eigenvalue weighted by Gasteiger charge is 2.49. The van der Waals surface area contributed by atoms with Crippen molar-refractivity contribution in [1.29, 1.82) is 0 Å². The van der Waals surface area contributed by atoms with Crippen LogP contribution in [-0.2, 0) is 6.42 Å². The average Bonchev–Trinajstić information content (AvgIpc) is 3.66. The van der Waals surface area contributed by atoms with E-state index < -0.39 is 12.0 Å². The lowest BCUT2D eigenvalue weighted by Gasteiger charge is -2.35. The fraction of sp³-hybridized carbons (Fsp3) is 0.471. The predicted molar refractivity (Wildman–Crippen MR) is 164 cm³/mol. The first-order chi connectivity index (χ1) is 21.3. The van der Waals surface area contributed by atoms with Crippen molar-refractivity contribution < 1.29 is 23.0 Å². The number of alkyl halides is 1. The van der Waals surface area contributed by atoms with E-state index in [0.29, 0.717) is 64.6 Å². The highest BCUT2D eigenvalue weighted by molar-refractivity contribution is 6.02. The number of fused-ring (bicyclic) bond motifs is 5. The third-order valence-electron chi connectivity index (χ3n) is 10.3. The molecule has 4 aromatic rings. The largest absolute Gasteiger partial charge is 0.508 e. The molecule has 0 saturated carbocycles. The first-order valence-corrected chi connectivity index (χ1v) is 15.8. The number of aryl methyl sites for hydroxylation is 1. The number of phenols is 1. The number of pyridine rings is 2.